The van der Waals surface area contributed by atoms with Crippen LogP contribution < -0.4 is 5.32 Å². The van der Waals surface area contributed by atoms with Gasteiger partial charge in [0.25, 0.3) is 5.91 Å². The van der Waals surface area contributed by atoms with Gasteiger partial charge in [-0.3, -0.25) is 9.59 Å². The minimum Gasteiger partial charge on any atom is -0.426 e. The molecule has 0 bridgehead atoms. The largest absolute Gasteiger partial charge is 0.426 e. The molecule has 31 heavy (non-hydrogen) atoms. The molecule has 1 heterocycles. The van der Waals surface area contributed by atoms with Crippen LogP contribution in [-0.2, 0) is 0 Å². The Hall–Kier alpha value is -4.33. The quantitative estimate of drug-likeness (QED) is 0.268. The van der Waals surface area contributed by atoms with Gasteiger partial charge < -0.3 is 10.5 Å². The number of carbonyl (C=O) groups is 2. The van der Waals surface area contributed by atoms with Crippen molar-refractivity contribution < 1.29 is 14.8 Å². The molecule has 8 nitrogen and oxygen atoms in total. The first kappa shape index (κ1) is 20.0. The molecule has 0 saturated carbocycles. The first-order valence-electron chi connectivity index (χ1n) is 9.46. The minimum atomic E-state index is -0.304. The van der Waals surface area contributed by atoms with E-state index in [2.05, 4.69) is 15.5 Å². The highest BCUT2D eigenvalue weighted by molar-refractivity contribution is 6.05. The molecule has 0 atom stereocenters. The van der Waals surface area contributed by atoms with Gasteiger partial charge in [-0.05, 0) is 73.1 Å². The maximum absolute atomic E-state index is 12.4. The Kier molecular flexibility index (Phi) is 5.04. The molecule has 0 spiro atoms. The topological polar surface area (TPSA) is 114 Å². The lowest BCUT2D eigenvalue weighted by molar-refractivity contribution is 0.101. The number of hydrogen-bond acceptors (Lipinski definition) is 6. The van der Waals surface area contributed by atoms with Gasteiger partial charge in [-0.1, -0.05) is 12.1 Å². The van der Waals surface area contributed by atoms with E-state index in [1.165, 1.54) is 13.0 Å². The molecule has 0 aliphatic rings. The van der Waals surface area contributed by atoms with Crippen molar-refractivity contribution in [3.63, 3.8) is 0 Å². The average Bonchev–Trinajstić information content (AvgIpc) is 3.08. The third-order valence-electron chi connectivity index (χ3n) is 5.00. The van der Waals surface area contributed by atoms with E-state index in [0.29, 0.717) is 44.8 Å². The number of aryl methyl sites for hydroxylation is 1. The van der Waals surface area contributed by atoms with E-state index in [4.69, 9.17) is 0 Å². The molecule has 1 amide bonds. The SMILES string of the molecule is CC(=O)c1ccc(C(=O)Nc2ccc(-c3nc4cc(C)c(N=O)cc4n3O)cc2)cc1. The number of nitroso groups, excluding NO2 is 1. The van der Waals surface area contributed by atoms with E-state index in [9.17, 15) is 19.7 Å². The summed E-state index contributed by atoms with van der Waals surface area (Å²) < 4.78 is 0.910. The number of benzene rings is 3. The zero-order valence-electron chi connectivity index (χ0n) is 16.8. The number of aromatic nitrogens is 2. The van der Waals surface area contributed by atoms with Gasteiger partial charge in [0.15, 0.2) is 11.6 Å². The number of Topliss-reactive ketones (excluding diaryl/α,β-unsaturated/α-hetero) is 1. The third kappa shape index (κ3) is 3.78. The van der Waals surface area contributed by atoms with E-state index in [1.54, 1.807) is 61.5 Å². The fourth-order valence-electron chi connectivity index (χ4n) is 3.25. The second-order valence-electron chi connectivity index (χ2n) is 7.13. The van der Waals surface area contributed by atoms with Crippen LogP contribution >= 0.6 is 0 Å². The maximum atomic E-state index is 12.4. The molecule has 0 saturated heterocycles. The summed E-state index contributed by atoms with van der Waals surface area (Å²) in [4.78, 5) is 39.1. The highest BCUT2D eigenvalue weighted by atomic mass is 16.5. The molecule has 0 unspecified atom stereocenters. The van der Waals surface area contributed by atoms with E-state index in [0.717, 1.165) is 4.73 Å². The van der Waals surface area contributed by atoms with Crippen LogP contribution in [0.4, 0.5) is 11.4 Å². The summed E-state index contributed by atoms with van der Waals surface area (Å²) in [7, 11) is 0. The number of amides is 1. The highest BCUT2D eigenvalue weighted by Crippen LogP contribution is 2.29. The summed E-state index contributed by atoms with van der Waals surface area (Å²) in [6, 6.07) is 16.4. The molecule has 8 heteroatoms. The summed E-state index contributed by atoms with van der Waals surface area (Å²) in [5.41, 5.74) is 3.98. The average molecular weight is 414 g/mol. The van der Waals surface area contributed by atoms with Gasteiger partial charge in [0, 0.05) is 22.4 Å². The van der Waals surface area contributed by atoms with Crippen molar-refractivity contribution in [3.8, 4) is 11.4 Å². The van der Waals surface area contributed by atoms with Crippen LogP contribution in [0.3, 0.4) is 0 Å². The number of imidazole rings is 1. The molecular weight excluding hydrogens is 396 g/mol. The van der Waals surface area contributed by atoms with Gasteiger partial charge in [0.05, 0.1) is 5.52 Å². The molecule has 0 aliphatic heterocycles. The summed E-state index contributed by atoms with van der Waals surface area (Å²) in [6.07, 6.45) is 0. The predicted molar refractivity (Wildman–Crippen MR) is 117 cm³/mol. The van der Waals surface area contributed by atoms with Crippen LogP contribution in [0.15, 0.2) is 65.8 Å². The lowest BCUT2D eigenvalue weighted by Crippen LogP contribution is -2.12. The van der Waals surface area contributed by atoms with Crippen molar-refractivity contribution >= 4 is 34.1 Å². The van der Waals surface area contributed by atoms with Gasteiger partial charge in [0.1, 0.15) is 11.2 Å². The summed E-state index contributed by atoms with van der Waals surface area (Å²) in [5, 5.41) is 16.2. The van der Waals surface area contributed by atoms with Crippen LogP contribution in [0.5, 0.6) is 0 Å². The van der Waals surface area contributed by atoms with Crippen molar-refractivity contribution in [1.29, 1.82) is 0 Å². The Morgan fingerprint density at radius 1 is 1.00 bits per heavy atom. The van der Waals surface area contributed by atoms with Crippen LogP contribution in [0.2, 0.25) is 0 Å². The lowest BCUT2D eigenvalue weighted by atomic mass is 10.1. The Labute approximate surface area is 177 Å². The molecule has 4 aromatic rings. The Bertz CT molecular complexity index is 1320. The number of anilines is 1. The number of fused-ring (bicyclic) bond motifs is 1. The highest BCUT2D eigenvalue weighted by Gasteiger charge is 2.15. The van der Waals surface area contributed by atoms with Crippen LogP contribution in [0.25, 0.3) is 22.4 Å². The van der Waals surface area contributed by atoms with Gasteiger partial charge in [-0.15, -0.1) is 4.91 Å². The van der Waals surface area contributed by atoms with Crippen LogP contribution in [0.1, 0.15) is 33.2 Å². The fourth-order valence-corrected chi connectivity index (χ4v) is 3.25. The Morgan fingerprint density at radius 3 is 2.26 bits per heavy atom. The minimum absolute atomic E-state index is 0.0636. The number of hydrogen-bond donors (Lipinski definition) is 2. The van der Waals surface area contributed by atoms with Gasteiger partial charge >= 0.3 is 0 Å². The van der Waals surface area contributed by atoms with Gasteiger partial charge in [-0.2, -0.15) is 4.73 Å². The maximum Gasteiger partial charge on any atom is 0.255 e. The number of ketones is 1. The monoisotopic (exact) mass is 414 g/mol. The lowest BCUT2D eigenvalue weighted by Gasteiger charge is -2.07. The van der Waals surface area contributed by atoms with Crippen LogP contribution in [0, 0.1) is 11.8 Å². The number of carbonyl (C=O) groups excluding carboxylic acids is 2. The summed E-state index contributed by atoms with van der Waals surface area (Å²) in [6.45, 7) is 3.22. The standard InChI is InChI=1S/C23H18N4O4/c1-13-11-20-21(12-19(13)26-30)27(31)22(25-20)16-7-9-18(10-8-16)24-23(29)17-5-3-15(4-6-17)14(2)28/h3-12,31H,1-2H3,(H,24,29). The van der Waals surface area contributed by atoms with Gasteiger partial charge in [0.2, 0.25) is 0 Å². The first-order chi connectivity index (χ1) is 14.9. The summed E-state index contributed by atoms with van der Waals surface area (Å²) in [5.74, 6) is -0.0666. The molecule has 154 valence electrons. The number of nitrogens with zero attached hydrogens (tertiary/aromatic N) is 3. The zero-order valence-corrected chi connectivity index (χ0v) is 16.8. The van der Waals surface area contributed by atoms with E-state index < -0.39 is 0 Å². The smallest absolute Gasteiger partial charge is 0.255 e. The van der Waals surface area contributed by atoms with Crippen molar-refractivity contribution in [2.75, 3.05) is 5.32 Å². The molecule has 3 aromatic carbocycles. The van der Waals surface area contributed by atoms with Gasteiger partial charge in [-0.25, -0.2) is 4.98 Å². The predicted octanol–water partition coefficient (Wildman–Crippen LogP) is 5.10. The molecule has 0 fully saturated rings. The molecule has 0 aliphatic carbocycles. The van der Waals surface area contributed by atoms with Crippen molar-refractivity contribution in [2.45, 2.75) is 13.8 Å². The van der Waals surface area contributed by atoms with Crippen molar-refractivity contribution in [3.05, 3.63) is 82.3 Å². The summed E-state index contributed by atoms with van der Waals surface area (Å²) >= 11 is 0. The molecule has 1 aromatic heterocycles. The Balaban J connectivity index is 1.57. The molecule has 2 N–H and O–H groups in total. The van der Waals surface area contributed by atoms with E-state index >= 15 is 0 Å². The number of nitrogens with one attached hydrogen (secondary N) is 1. The van der Waals surface area contributed by atoms with Crippen LogP contribution in [-0.4, -0.2) is 26.6 Å². The second-order valence-corrected chi connectivity index (χ2v) is 7.13. The fraction of sp³-hybridized carbons (Fsp3) is 0.0870. The Morgan fingerprint density at radius 2 is 1.65 bits per heavy atom. The normalized spacial score (nSPS) is 10.8. The van der Waals surface area contributed by atoms with Crippen molar-refractivity contribution in [1.82, 2.24) is 9.71 Å². The van der Waals surface area contributed by atoms with E-state index in [-0.39, 0.29) is 17.4 Å². The molecular formula is C23H18N4O4. The number of rotatable bonds is 5. The molecule has 4 rings (SSSR count). The van der Waals surface area contributed by atoms with Crippen molar-refractivity contribution in [2.24, 2.45) is 5.18 Å². The molecule has 0 radical (unpaired) electrons. The third-order valence-corrected chi connectivity index (χ3v) is 5.00. The second kappa shape index (κ2) is 7.83. The zero-order chi connectivity index (χ0) is 22.1. The van der Waals surface area contributed by atoms with E-state index in [1.807, 2.05) is 0 Å². The first-order valence-corrected chi connectivity index (χ1v) is 9.46.